The van der Waals surface area contributed by atoms with Crippen molar-refractivity contribution in [3.05, 3.63) is 69.4 Å². The van der Waals surface area contributed by atoms with Gasteiger partial charge in [-0.25, -0.2) is 4.39 Å². The fraction of sp³-hybridized carbons (Fsp3) is 0.125. The summed E-state index contributed by atoms with van der Waals surface area (Å²) in [5.74, 6) is -2.15. The maximum Gasteiger partial charge on any atom is 0.187 e. The number of benzene rings is 2. The minimum atomic E-state index is -1.00. The average molecular weight is 332 g/mol. The lowest BCUT2D eigenvalue weighted by atomic mass is 9.91. The minimum Gasteiger partial charge on any atom is -0.292 e. The lowest BCUT2D eigenvalue weighted by Gasteiger charge is -2.10. The highest BCUT2D eigenvalue weighted by atomic mass is 79.9. The fourth-order valence-corrected chi connectivity index (χ4v) is 2.25. The summed E-state index contributed by atoms with van der Waals surface area (Å²) in [6.07, 6.45) is 0. The van der Waals surface area contributed by atoms with Crippen LogP contribution in [0.1, 0.15) is 27.4 Å². The van der Waals surface area contributed by atoms with E-state index >= 15 is 0 Å². The Morgan fingerprint density at radius 3 is 2.50 bits per heavy atom. The van der Waals surface area contributed by atoms with Crippen molar-refractivity contribution in [2.45, 2.75) is 12.8 Å². The van der Waals surface area contributed by atoms with Gasteiger partial charge in [0.2, 0.25) is 0 Å². The lowest BCUT2D eigenvalue weighted by molar-refractivity contribution is 0.0975. The van der Waals surface area contributed by atoms with E-state index in [1.165, 1.54) is 18.2 Å². The smallest absolute Gasteiger partial charge is 0.187 e. The molecule has 0 spiro atoms. The van der Waals surface area contributed by atoms with Gasteiger partial charge in [-0.1, -0.05) is 45.8 Å². The van der Waals surface area contributed by atoms with Crippen molar-refractivity contribution in [2.24, 2.45) is 0 Å². The number of nitrogens with zero attached hydrogens (tertiary/aromatic N) is 1. The minimum absolute atomic E-state index is 0.0773. The third-order valence-corrected chi connectivity index (χ3v) is 3.49. The zero-order valence-corrected chi connectivity index (χ0v) is 12.3. The van der Waals surface area contributed by atoms with Gasteiger partial charge in [-0.05, 0) is 30.7 Å². The second-order valence-electron chi connectivity index (χ2n) is 4.46. The van der Waals surface area contributed by atoms with Gasteiger partial charge in [0.1, 0.15) is 11.7 Å². The summed E-state index contributed by atoms with van der Waals surface area (Å²) in [6, 6.07) is 13.2. The van der Waals surface area contributed by atoms with E-state index in [1.54, 1.807) is 12.1 Å². The van der Waals surface area contributed by atoms with E-state index in [-0.39, 0.29) is 5.56 Å². The molecule has 0 aliphatic carbocycles. The normalized spacial score (nSPS) is 11.7. The molecule has 0 bridgehead atoms. The Kier molecular flexibility index (Phi) is 4.31. The van der Waals surface area contributed by atoms with E-state index in [2.05, 4.69) is 15.9 Å². The molecule has 0 N–H and O–H groups in total. The molecule has 0 fully saturated rings. The number of rotatable bonds is 3. The van der Waals surface area contributed by atoms with Gasteiger partial charge in [0, 0.05) is 4.47 Å². The van der Waals surface area contributed by atoms with Crippen LogP contribution in [0.5, 0.6) is 0 Å². The second kappa shape index (κ2) is 5.98. The highest BCUT2D eigenvalue weighted by molar-refractivity contribution is 9.10. The monoisotopic (exact) mass is 331 g/mol. The summed E-state index contributed by atoms with van der Waals surface area (Å²) in [5.41, 5.74) is 1.53. The molecule has 0 heterocycles. The number of aryl methyl sites for hydroxylation is 1. The Bertz CT molecular complexity index is 689. The van der Waals surface area contributed by atoms with Crippen molar-refractivity contribution in [2.75, 3.05) is 0 Å². The summed E-state index contributed by atoms with van der Waals surface area (Å²) in [5, 5.41) is 9.24. The molecule has 0 amide bonds. The molecule has 100 valence electrons. The molecule has 0 aromatic heterocycles. The van der Waals surface area contributed by atoms with Crippen LogP contribution in [0.4, 0.5) is 4.39 Å². The Labute approximate surface area is 125 Å². The lowest BCUT2D eigenvalue weighted by Crippen LogP contribution is -2.13. The van der Waals surface area contributed by atoms with Gasteiger partial charge in [0.15, 0.2) is 5.78 Å². The molecule has 0 saturated carbocycles. The molecule has 1 atom stereocenters. The van der Waals surface area contributed by atoms with Crippen LogP contribution in [0.15, 0.2) is 46.9 Å². The van der Waals surface area contributed by atoms with Crippen LogP contribution in [-0.2, 0) is 0 Å². The van der Waals surface area contributed by atoms with Gasteiger partial charge >= 0.3 is 0 Å². The van der Waals surface area contributed by atoms with Crippen molar-refractivity contribution in [1.82, 2.24) is 0 Å². The fourth-order valence-electron chi connectivity index (χ4n) is 1.89. The van der Waals surface area contributed by atoms with Gasteiger partial charge < -0.3 is 0 Å². The molecule has 0 radical (unpaired) electrons. The average Bonchev–Trinajstić information content (AvgIpc) is 2.44. The van der Waals surface area contributed by atoms with Crippen LogP contribution in [0.3, 0.4) is 0 Å². The van der Waals surface area contributed by atoms with Gasteiger partial charge in [0.25, 0.3) is 0 Å². The number of hydrogen-bond acceptors (Lipinski definition) is 2. The first-order chi connectivity index (χ1) is 9.52. The van der Waals surface area contributed by atoms with E-state index in [1.807, 2.05) is 25.1 Å². The van der Waals surface area contributed by atoms with Gasteiger partial charge in [-0.2, -0.15) is 5.26 Å². The van der Waals surface area contributed by atoms with E-state index < -0.39 is 17.5 Å². The number of hydrogen-bond donors (Lipinski definition) is 0. The molecular weight excluding hydrogens is 321 g/mol. The molecule has 4 heteroatoms. The molecule has 2 aromatic rings. The van der Waals surface area contributed by atoms with Crippen LogP contribution in [0.2, 0.25) is 0 Å². The number of nitriles is 1. The Morgan fingerprint density at radius 1 is 1.25 bits per heavy atom. The molecule has 0 saturated heterocycles. The number of ketones is 1. The maximum atomic E-state index is 13.7. The molecule has 1 unspecified atom stereocenters. The van der Waals surface area contributed by atoms with Crippen LogP contribution in [-0.4, -0.2) is 5.78 Å². The van der Waals surface area contributed by atoms with Crippen molar-refractivity contribution in [3.63, 3.8) is 0 Å². The van der Waals surface area contributed by atoms with Gasteiger partial charge in [-0.3, -0.25) is 4.79 Å². The van der Waals surface area contributed by atoms with Crippen molar-refractivity contribution in [1.29, 1.82) is 5.26 Å². The molecule has 0 aliphatic heterocycles. The topological polar surface area (TPSA) is 40.9 Å². The second-order valence-corrected chi connectivity index (χ2v) is 5.38. The highest BCUT2D eigenvalue weighted by Crippen LogP contribution is 2.24. The quantitative estimate of drug-likeness (QED) is 0.783. The third kappa shape index (κ3) is 2.94. The number of Topliss-reactive ketones (excluding diaryl/α,β-unsaturated/α-hetero) is 1. The van der Waals surface area contributed by atoms with Crippen molar-refractivity contribution in [3.8, 4) is 6.07 Å². The first kappa shape index (κ1) is 14.4. The Balaban J connectivity index is 2.42. The van der Waals surface area contributed by atoms with E-state index in [4.69, 9.17) is 0 Å². The molecule has 0 aliphatic rings. The largest absolute Gasteiger partial charge is 0.292 e. The van der Waals surface area contributed by atoms with E-state index in [0.29, 0.717) is 10.0 Å². The van der Waals surface area contributed by atoms with Crippen LogP contribution < -0.4 is 0 Å². The molecule has 2 nitrogen and oxygen atoms in total. The molecule has 2 rings (SSSR count). The predicted octanol–water partition coefficient (Wildman–Crippen LogP) is 4.39. The SMILES string of the molecule is Cc1ccc(C(C#N)C(=O)c2cc(Br)ccc2F)cc1. The van der Waals surface area contributed by atoms with Crippen LogP contribution in [0, 0.1) is 24.1 Å². The summed E-state index contributed by atoms with van der Waals surface area (Å²) in [4.78, 5) is 12.4. The highest BCUT2D eigenvalue weighted by Gasteiger charge is 2.24. The molecule has 20 heavy (non-hydrogen) atoms. The van der Waals surface area contributed by atoms with E-state index in [0.717, 1.165) is 5.56 Å². The number of halogens is 2. The zero-order chi connectivity index (χ0) is 14.7. The molecular formula is C16H11BrFNO. The summed E-state index contributed by atoms with van der Waals surface area (Å²) >= 11 is 3.20. The standard InChI is InChI=1S/C16H11BrFNO/c1-10-2-4-11(5-3-10)14(9-19)16(20)13-8-12(17)6-7-15(13)18/h2-8,14H,1H3. The zero-order valence-electron chi connectivity index (χ0n) is 10.7. The predicted molar refractivity (Wildman–Crippen MR) is 78.0 cm³/mol. The Hall–Kier alpha value is -1.99. The first-order valence-electron chi connectivity index (χ1n) is 5.98. The summed E-state index contributed by atoms with van der Waals surface area (Å²) in [6.45, 7) is 1.92. The summed E-state index contributed by atoms with van der Waals surface area (Å²) in [7, 11) is 0. The molecule has 2 aromatic carbocycles. The van der Waals surface area contributed by atoms with Crippen LogP contribution >= 0.6 is 15.9 Å². The summed E-state index contributed by atoms with van der Waals surface area (Å²) < 4.78 is 14.3. The van der Waals surface area contributed by atoms with Crippen molar-refractivity contribution < 1.29 is 9.18 Å². The van der Waals surface area contributed by atoms with Gasteiger partial charge in [-0.15, -0.1) is 0 Å². The van der Waals surface area contributed by atoms with Crippen LogP contribution in [0.25, 0.3) is 0 Å². The maximum absolute atomic E-state index is 13.7. The number of carbonyl (C=O) groups is 1. The number of carbonyl (C=O) groups excluding carboxylic acids is 1. The first-order valence-corrected chi connectivity index (χ1v) is 6.77. The van der Waals surface area contributed by atoms with Gasteiger partial charge in [0.05, 0.1) is 11.6 Å². The third-order valence-electron chi connectivity index (χ3n) is 3.00. The Morgan fingerprint density at radius 2 is 1.90 bits per heavy atom. The van der Waals surface area contributed by atoms with Crippen molar-refractivity contribution >= 4 is 21.7 Å². The van der Waals surface area contributed by atoms with E-state index in [9.17, 15) is 14.4 Å².